The lowest BCUT2D eigenvalue weighted by Crippen LogP contribution is -2.00. The molecule has 0 bridgehead atoms. The predicted molar refractivity (Wildman–Crippen MR) is 78.9 cm³/mol. The highest BCUT2D eigenvalue weighted by Gasteiger charge is 2.16. The second-order valence-electron chi connectivity index (χ2n) is 4.45. The Bertz CT molecular complexity index is 811. The van der Waals surface area contributed by atoms with E-state index in [1.54, 1.807) is 25.4 Å². The fraction of sp³-hybridized carbons (Fsp3) is 0.133. The topological polar surface area (TPSA) is 70.2 Å². The van der Waals surface area contributed by atoms with Crippen LogP contribution in [0.1, 0.15) is 6.92 Å². The first-order valence-corrected chi connectivity index (χ1v) is 6.54. The maximum atomic E-state index is 11.0. The molecule has 0 aliphatic heterocycles. The van der Waals surface area contributed by atoms with Gasteiger partial charge in [0.1, 0.15) is 6.33 Å². The van der Waals surface area contributed by atoms with Crippen LogP contribution in [0.4, 0.5) is 5.69 Å². The van der Waals surface area contributed by atoms with E-state index >= 15 is 0 Å². The van der Waals surface area contributed by atoms with Crippen molar-refractivity contribution in [3.63, 3.8) is 0 Å². The summed E-state index contributed by atoms with van der Waals surface area (Å²) >= 11 is 0. The highest BCUT2D eigenvalue weighted by Crippen LogP contribution is 2.30. The van der Waals surface area contributed by atoms with Crippen molar-refractivity contribution in [1.82, 2.24) is 9.55 Å². The molecule has 6 heteroatoms. The maximum absolute atomic E-state index is 11.0. The minimum absolute atomic E-state index is 0.0370. The molecule has 0 amide bonds. The molecule has 0 saturated carbocycles. The molecule has 0 fully saturated rings. The summed E-state index contributed by atoms with van der Waals surface area (Å²) in [5.41, 5.74) is 2.55. The molecule has 21 heavy (non-hydrogen) atoms. The van der Waals surface area contributed by atoms with Crippen molar-refractivity contribution < 1.29 is 9.66 Å². The van der Waals surface area contributed by atoms with Crippen molar-refractivity contribution in [2.75, 3.05) is 6.61 Å². The molecule has 6 nitrogen and oxygen atoms in total. The number of nitro groups is 1. The Morgan fingerprint density at radius 2 is 2.10 bits per heavy atom. The standard InChI is InChI=1S/C15H13N3O3/c1-2-21-15-9-11(7-8-14(15)18(19)20)17-10-16-12-5-3-4-6-13(12)17/h3-10H,2H2,1H3. The fourth-order valence-corrected chi connectivity index (χ4v) is 2.24. The molecule has 0 saturated heterocycles. The summed E-state index contributed by atoms with van der Waals surface area (Å²) in [5.74, 6) is 0.262. The third-order valence-electron chi connectivity index (χ3n) is 3.17. The van der Waals surface area contributed by atoms with Gasteiger partial charge in [0.25, 0.3) is 0 Å². The first-order valence-electron chi connectivity index (χ1n) is 6.54. The first kappa shape index (κ1) is 13.1. The summed E-state index contributed by atoms with van der Waals surface area (Å²) in [6, 6.07) is 12.5. The Morgan fingerprint density at radius 3 is 2.86 bits per heavy atom. The molecular weight excluding hydrogens is 270 g/mol. The van der Waals surface area contributed by atoms with Crippen LogP contribution in [0.25, 0.3) is 16.7 Å². The number of ether oxygens (including phenoxy) is 1. The van der Waals surface area contributed by atoms with Crippen LogP contribution in [-0.4, -0.2) is 21.1 Å². The van der Waals surface area contributed by atoms with Crippen LogP contribution in [0.3, 0.4) is 0 Å². The Balaban J connectivity index is 2.14. The fourth-order valence-electron chi connectivity index (χ4n) is 2.24. The summed E-state index contributed by atoms with van der Waals surface area (Å²) in [5, 5.41) is 11.0. The van der Waals surface area contributed by atoms with E-state index in [4.69, 9.17) is 4.74 Å². The number of imidazole rings is 1. The lowest BCUT2D eigenvalue weighted by molar-refractivity contribution is -0.385. The van der Waals surface area contributed by atoms with Crippen LogP contribution in [0, 0.1) is 10.1 Å². The monoisotopic (exact) mass is 283 g/mol. The third-order valence-corrected chi connectivity index (χ3v) is 3.17. The number of hydrogen-bond acceptors (Lipinski definition) is 4. The van der Waals surface area contributed by atoms with E-state index in [0.717, 1.165) is 16.7 Å². The Kier molecular flexibility index (Phi) is 3.27. The average molecular weight is 283 g/mol. The van der Waals surface area contributed by atoms with Crippen molar-refractivity contribution in [3.8, 4) is 11.4 Å². The van der Waals surface area contributed by atoms with Crippen LogP contribution in [-0.2, 0) is 0 Å². The van der Waals surface area contributed by atoms with E-state index in [1.165, 1.54) is 6.07 Å². The van der Waals surface area contributed by atoms with Gasteiger partial charge < -0.3 is 4.74 Å². The van der Waals surface area contributed by atoms with Crippen LogP contribution in [0.15, 0.2) is 48.8 Å². The van der Waals surface area contributed by atoms with Crippen LogP contribution in [0.5, 0.6) is 5.75 Å². The summed E-state index contributed by atoms with van der Waals surface area (Å²) < 4.78 is 7.25. The van der Waals surface area contributed by atoms with Gasteiger partial charge in [0.2, 0.25) is 0 Å². The van der Waals surface area contributed by atoms with E-state index in [1.807, 2.05) is 28.8 Å². The molecule has 106 valence electrons. The van der Waals surface area contributed by atoms with Gasteiger partial charge in [0, 0.05) is 12.1 Å². The summed E-state index contributed by atoms with van der Waals surface area (Å²) in [6.45, 7) is 2.16. The van der Waals surface area contributed by atoms with Crippen LogP contribution < -0.4 is 4.74 Å². The number of nitro benzene ring substituents is 1. The molecular formula is C15H13N3O3. The van der Waals surface area contributed by atoms with E-state index in [0.29, 0.717) is 6.61 Å². The number of hydrogen-bond donors (Lipinski definition) is 0. The van der Waals surface area contributed by atoms with Crippen molar-refractivity contribution in [2.24, 2.45) is 0 Å². The number of nitrogens with zero attached hydrogens (tertiary/aromatic N) is 3. The minimum atomic E-state index is -0.444. The first-order chi connectivity index (χ1) is 10.2. The molecule has 1 aromatic heterocycles. The molecule has 3 aromatic rings. The van der Waals surface area contributed by atoms with Crippen molar-refractivity contribution >= 4 is 16.7 Å². The molecule has 3 rings (SSSR count). The molecule has 1 heterocycles. The molecule has 0 radical (unpaired) electrons. The zero-order valence-electron chi connectivity index (χ0n) is 11.4. The third kappa shape index (κ3) is 2.31. The molecule has 0 spiro atoms. The van der Waals surface area contributed by atoms with Gasteiger partial charge in [-0.3, -0.25) is 14.7 Å². The van der Waals surface area contributed by atoms with Gasteiger partial charge in [0.15, 0.2) is 5.75 Å². The van der Waals surface area contributed by atoms with Crippen molar-refractivity contribution in [2.45, 2.75) is 6.92 Å². The van der Waals surface area contributed by atoms with Crippen molar-refractivity contribution in [3.05, 3.63) is 58.9 Å². The average Bonchev–Trinajstić information content (AvgIpc) is 2.91. The number of aromatic nitrogens is 2. The normalized spacial score (nSPS) is 10.7. The lowest BCUT2D eigenvalue weighted by Gasteiger charge is -2.08. The molecule has 0 aliphatic carbocycles. The van der Waals surface area contributed by atoms with Gasteiger partial charge in [-0.25, -0.2) is 4.98 Å². The van der Waals surface area contributed by atoms with Gasteiger partial charge in [-0.1, -0.05) is 12.1 Å². The van der Waals surface area contributed by atoms with Gasteiger partial charge in [0.05, 0.1) is 28.3 Å². The Morgan fingerprint density at radius 1 is 1.29 bits per heavy atom. The second-order valence-corrected chi connectivity index (χ2v) is 4.45. The Labute approximate surface area is 120 Å². The summed E-state index contributed by atoms with van der Waals surface area (Å²) in [7, 11) is 0. The van der Waals surface area contributed by atoms with E-state index in [2.05, 4.69) is 4.98 Å². The minimum Gasteiger partial charge on any atom is -0.487 e. The van der Waals surface area contributed by atoms with E-state index < -0.39 is 4.92 Å². The smallest absolute Gasteiger partial charge is 0.311 e. The lowest BCUT2D eigenvalue weighted by atomic mass is 10.2. The number of fused-ring (bicyclic) bond motifs is 1. The van der Waals surface area contributed by atoms with E-state index in [9.17, 15) is 10.1 Å². The molecule has 2 aromatic carbocycles. The van der Waals surface area contributed by atoms with Gasteiger partial charge >= 0.3 is 5.69 Å². The SMILES string of the molecule is CCOc1cc(-n2cnc3ccccc32)ccc1[N+](=O)[O-]. The number of para-hydroxylation sites is 2. The molecule has 0 aliphatic rings. The zero-order chi connectivity index (χ0) is 14.8. The highest BCUT2D eigenvalue weighted by molar-refractivity contribution is 5.77. The Hall–Kier alpha value is -2.89. The van der Waals surface area contributed by atoms with Crippen LogP contribution >= 0.6 is 0 Å². The highest BCUT2D eigenvalue weighted by atomic mass is 16.6. The van der Waals surface area contributed by atoms with Crippen LogP contribution in [0.2, 0.25) is 0 Å². The van der Waals surface area contributed by atoms with Crippen molar-refractivity contribution in [1.29, 1.82) is 0 Å². The van der Waals surface area contributed by atoms with Gasteiger partial charge in [-0.15, -0.1) is 0 Å². The zero-order valence-corrected chi connectivity index (χ0v) is 11.4. The van der Waals surface area contributed by atoms with Gasteiger partial charge in [-0.2, -0.15) is 0 Å². The van der Waals surface area contributed by atoms with E-state index in [-0.39, 0.29) is 11.4 Å². The summed E-state index contributed by atoms with van der Waals surface area (Å²) in [6.07, 6.45) is 1.70. The predicted octanol–water partition coefficient (Wildman–Crippen LogP) is 3.33. The second kappa shape index (κ2) is 5.24. The largest absolute Gasteiger partial charge is 0.487 e. The quantitative estimate of drug-likeness (QED) is 0.544. The molecule has 0 atom stereocenters. The maximum Gasteiger partial charge on any atom is 0.311 e. The molecule has 0 N–H and O–H groups in total. The molecule has 0 unspecified atom stereocenters. The van der Waals surface area contributed by atoms with Gasteiger partial charge in [-0.05, 0) is 25.1 Å². The summed E-state index contributed by atoms with van der Waals surface area (Å²) in [4.78, 5) is 14.9. The number of benzene rings is 2. The number of rotatable bonds is 4.